The molecule has 1 aromatic rings. The lowest BCUT2D eigenvalue weighted by Crippen LogP contribution is -2.24. The lowest BCUT2D eigenvalue weighted by atomic mass is 9.91. The van der Waals surface area contributed by atoms with Crippen LogP contribution < -0.4 is 5.32 Å². The molecule has 0 aliphatic carbocycles. The molecular formula is C15H19NO2. The van der Waals surface area contributed by atoms with Gasteiger partial charge < -0.3 is 10.1 Å². The van der Waals surface area contributed by atoms with E-state index in [9.17, 15) is 4.79 Å². The molecular weight excluding hydrogens is 226 g/mol. The van der Waals surface area contributed by atoms with Crippen LogP contribution in [0.15, 0.2) is 24.3 Å². The fourth-order valence-electron chi connectivity index (χ4n) is 2.92. The van der Waals surface area contributed by atoms with Gasteiger partial charge in [-0.25, -0.2) is 0 Å². The molecule has 2 unspecified atom stereocenters. The van der Waals surface area contributed by atoms with Crippen LogP contribution in [0.3, 0.4) is 0 Å². The largest absolute Gasteiger partial charge is 0.373 e. The molecule has 3 rings (SSSR count). The first-order valence-corrected chi connectivity index (χ1v) is 6.77. The van der Waals surface area contributed by atoms with Crippen molar-refractivity contribution >= 4 is 5.78 Å². The van der Waals surface area contributed by atoms with Crippen LogP contribution >= 0.6 is 0 Å². The molecule has 2 atom stereocenters. The SMILES string of the molecule is O=C(CC1OCCc2ccccc21)C1CCNC1. The van der Waals surface area contributed by atoms with E-state index in [4.69, 9.17) is 4.74 Å². The van der Waals surface area contributed by atoms with E-state index in [2.05, 4.69) is 23.5 Å². The summed E-state index contributed by atoms with van der Waals surface area (Å²) in [4.78, 5) is 12.2. The van der Waals surface area contributed by atoms with Gasteiger partial charge >= 0.3 is 0 Å². The van der Waals surface area contributed by atoms with Crippen molar-refractivity contribution in [1.29, 1.82) is 0 Å². The highest BCUT2D eigenvalue weighted by Gasteiger charge is 2.28. The highest BCUT2D eigenvalue weighted by molar-refractivity contribution is 5.82. The van der Waals surface area contributed by atoms with Crippen LogP contribution in [-0.4, -0.2) is 25.5 Å². The van der Waals surface area contributed by atoms with Gasteiger partial charge in [-0.2, -0.15) is 0 Å². The van der Waals surface area contributed by atoms with Crippen molar-refractivity contribution in [3.8, 4) is 0 Å². The molecule has 3 heteroatoms. The number of rotatable bonds is 3. The molecule has 1 aromatic carbocycles. The van der Waals surface area contributed by atoms with Crippen LogP contribution in [0.1, 0.15) is 30.1 Å². The van der Waals surface area contributed by atoms with Gasteiger partial charge in [0.05, 0.1) is 12.7 Å². The molecule has 0 bridgehead atoms. The lowest BCUT2D eigenvalue weighted by molar-refractivity contribution is -0.125. The highest BCUT2D eigenvalue weighted by atomic mass is 16.5. The standard InChI is InChI=1S/C15H19NO2/c17-14(12-5-7-16-10-12)9-15-13-4-2-1-3-11(13)6-8-18-15/h1-4,12,15-16H,5-10H2. The maximum atomic E-state index is 12.2. The summed E-state index contributed by atoms with van der Waals surface area (Å²) in [6.45, 7) is 2.55. The van der Waals surface area contributed by atoms with Crippen molar-refractivity contribution < 1.29 is 9.53 Å². The van der Waals surface area contributed by atoms with Gasteiger partial charge in [-0.05, 0) is 30.5 Å². The molecule has 0 radical (unpaired) electrons. The number of ketones is 1. The van der Waals surface area contributed by atoms with Gasteiger partial charge in [-0.1, -0.05) is 24.3 Å². The minimum Gasteiger partial charge on any atom is -0.373 e. The van der Waals surface area contributed by atoms with E-state index in [-0.39, 0.29) is 12.0 Å². The number of benzene rings is 1. The third-order valence-electron chi connectivity index (χ3n) is 3.99. The zero-order valence-corrected chi connectivity index (χ0v) is 10.5. The van der Waals surface area contributed by atoms with Gasteiger partial charge in [0.25, 0.3) is 0 Å². The van der Waals surface area contributed by atoms with Gasteiger partial charge in [0, 0.05) is 18.9 Å². The lowest BCUT2D eigenvalue weighted by Gasteiger charge is -2.26. The molecule has 2 aliphatic heterocycles. The third kappa shape index (κ3) is 2.33. The Bertz CT molecular complexity index is 438. The van der Waals surface area contributed by atoms with Crippen molar-refractivity contribution in [1.82, 2.24) is 5.32 Å². The Morgan fingerprint density at radius 2 is 2.28 bits per heavy atom. The smallest absolute Gasteiger partial charge is 0.140 e. The van der Waals surface area contributed by atoms with E-state index in [0.717, 1.165) is 32.5 Å². The molecule has 1 N–H and O–H groups in total. The summed E-state index contributed by atoms with van der Waals surface area (Å²) in [6, 6.07) is 8.33. The van der Waals surface area contributed by atoms with Crippen molar-refractivity contribution in [3.63, 3.8) is 0 Å². The minimum absolute atomic E-state index is 0.0250. The van der Waals surface area contributed by atoms with Gasteiger partial charge in [-0.15, -0.1) is 0 Å². The zero-order chi connectivity index (χ0) is 12.4. The van der Waals surface area contributed by atoms with Crippen molar-refractivity contribution in [2.75, 3.05) is 19.7 Å². The van der Waals surface area contributed by atoms with Crippen LogP contribution in [0.25, 0.3) is 0 Å². The summed E-state index contributed by atoms with van der Waals surface area (Å²) < 4.78 is 5.79. The fourth-order valence-corrected chi connectivity index (χ4v) is 2.92. The Hall–Kier alpha value is -1.19. The molecule has 96 valence electrons. The first-order valence-electron chi connectivity index (χ1n) is 6.77. The van der Waals surface area contributed by atoms with Crippen molar-refractivity contribution in [2.24, 2.45) is 5.92 Å². The topological polar surface area (TPSA) is 38.3 Å². The fraction of sp³-hybridized carbons (Fsp3) is 0.533. The Kier molecular flexibility index (Phi) is 3.43. The predicted molar refractivity (Wildman–Crippen MR) is 69.4 cm³/mol. The van der Waals surface area contributed by atoms with Crippen molar-refractivity contribution in [2.45, 2.75) is 25.4 Å². The van der Waals surface area contributed by atoms with Gasteiger partial charge in [0.1, 0.15) is 5.78 Å². The number of ether oxygens (including phenoxy) is 1. The summed E-state index contributed by atoms with van der Waals surface area (Å²) in [5, 5.41) is 3.25. The number of nitrogens with one attached hydrogen (secondary N) is 1. The molecule has 0 aromatic heterocycles. The van der Waals surface area contributed by atoms with Gasteiger partial charge in [0.15, 0.2) is 0 Å². The molecule has 0 spiro atoms. The Labute approximate surface area is 108 Å². The second kappa shape index (κ2) is 5.21. The van der Waals surface area contributed by atoms with E-state index in [1.807, 2.05) is 6.07 Å². The normalized spacial score (nSPS) is 26.9. The summed E-state index contributed by atoms with van der Waals surface area (Å²) in [5.41, 5.74) is 2.55. The average molecular weight is 245 g/mol. The van der Waals surface area contributed by atoms with Crippen LogP contribution in [0.4, 0.5) is 0 Å². The van der Waals surface area contributed by atoms with Crippen LogP contribution in [-0.2, 0) is 16.0 Å². The van der Waals surface area contributed by atoms with Crippen LogP contribution in [0, 0.1) is 5.92 Å². The van der Waals surface area contributed by atoms with Crippen molar-refractivity contribution in [3.05, 3.63) is 35.4 Å². The Morgan fingerprint density at radius 3 is 3.11 bits per heavy atom. The number of carbonyl (C=O) groups excluding carboxylic acids is 1. The number of carbonyl (C=O) groups is 1. The Morgan fingerprint density at radius 1 is 1.39 bits per heavy atom. The second-order valence-electron chi connectivity index (χ2n) is 5.17. The highest BCUT2D eigenvalue weighted by Crippen LogP contribution is 2.31. The summed E-state index contributed by atoms with van der Waals surface area (Å²) in [5.74, 6) is 0.546. The molecule has 1 saturated heterocycles. The molecule has 2 heterocycles. The number of fused-ring (bicyclic) bond motifs is 1. The maximum Gasteiger partial charge on any atom is 0.140 e. The Balaban J connectivity index is 1.72. The number of Topliss-reactive ketones (excluding diaryl/α,β-unsaturated/α-hetero) is 1. The molecule has 0 saturated carbocycles. The zero-order valence-electron chi connectivity index (χ0n) is 10.5. The van der Waals surface area contributed by atoms with Gasteiger partial charge in [0.2, 0.25) is 0 Å². The average Bonchev–Trinajstić information content (AvgIpc) is 2.93. The van der Waals surface area contributed by atoms with E-state index in [1.165, 1.54) is 11.1 Å². The van der Waals surface area contributed by atoms with E-state index >= 15 is 0 Å². The number of hydrogen-bond acceptors (Lipinski definition) is 3. The van der Waals surface area contributed by atoms with E-state index in [1.54, 1.807) is 0 Å². The number of hydrogen-bond donors (Lipinski definition) is 1. The minimum atomic E-state index is -0.0250. The summed E-state index contributed by atoms with van der Waals surface area (Å²) in [6.07, 6.45) is 2.45. The maximum absolute atomic E-state index is 12.2. The molecule has 18 heavy (non-hydrogen) atoms. The predicted octanol–water partition coefficient (Wildman–Crippen LogP) is 1.87. The van der Waals surface area contributed by atoms with Crippen LogP contribution in [0.5, 0.6) is 0 Å². The van der Waals surface area contributed by atoms with Crippen LogP contribution in [0.2, 0.25) is 0 Å². The summed E-state index contributed by atoms with van der Waals surface area (Å²) in [7, 11) is 0. The molecule has 0 amide bonds. The monoisotopic (exact) mass is 245 g/mol. The molecule has 1 fully saturated rings. The second-order valence-corrected chi connectivity index (χ2v) is 5.17. The van der Waals surface area contributed by atoms with E-state index in [0.29, 0.717) is 12.2 Å². The quantitative estimate of drug-likeness (QED) is 0.883. The molecule has 3 nitrogen and oxygen atoms in total. The van der Waals surface area contributed by atoms with E-state index < -0.39 is 0 Å². The first-order chi connectivity index (χ1) is 8.84. The third-order valence-corrected chi connectivity index (χ3v) is 3.99. The van der Waals surface area contributed by atoms with Gasteiger partial charge in [-0.3, -0.25) is 4.79 Å². The first kappa shape index (κ1) is 11.9. The summed E-state index contributed by atoms with van der Waals surface area (Å²) >= 11 is 0. The molecule has 2 aliphatic rings.